The van der Waals surface area contributed by atoms with Crippen molar-refractivity contribution in [3.05, 3.63) is 107 Å². The lowest BCUT2D eigenvalue weighted by Gasteiger charge is -2.09. The van der Waals surface area contributed by atoms with Gasteiger partial charge >= 0.3 is 0 Å². The van der Waals surface area contributed by atoms with Gasteiger partial charge in [-0.25, -0.2) is 4.39 Å². The van der Waals surface area contributed by atoms with Crippen LogP contribution in [0.25, 0.3) is 21.9 Å². The molecule has 0 aliphatic rings. The fourth-order valence-electron chi connectivity index (χ4n) is 3.03. The van der Waals surface area contributed by atoms with E-state index in [4.69, 9.17) is 0 Å². The van der Waals surface area contributed by atoms with Crippen LogP contribution in [0.5, 0.6) is 0 Å². The fraction of sp³-hybridized carbons (Fsp3) is 0.0455. The van der Waals surface area contributed by atoms with Crippen molar-refractivity contribution in [1.29, 1.82) is 0 Å². The second kappa shape index (κ2) is 6.36. The Morgan fingerprint density at radius 3 is 2.36 bits per heavy atom. The molecule has 0 radical (unpaired) electrons. The first kappa shape index (κ1) is 15.3. The Morgan fingerprint density at radius 1 is 0.800 bits per heavy atom. The van der Waals surface area contributed by atoms with Crippen molar-refractivity contribution < 1.29 is 4.39 Å². The van der Waals surface area contributed by atoms with Crippen LogP contribution in [-0.4, -0.2) is 4.57 Å². The van der Waals surface area contributed by atoms with Gasteiger partial charge < -0.3 is 4.57 Å². The Hall–Kier alpha value is -3.20. The summed E-state index contributed by atoms with van der Waals surface area (Å²) in [6.45, 7) is 0.224. The zero-order valence-corrected chi connectivity index (χ0v) is 13.5. The number of rotatable bonds is 3. The van der Waals surface area contributed by atoms with E-state index in [-0.39, 0.29) is 17.9 Å². The fourth-order valence-corrected chi connectivity index (χ4v) is 3.03. The van der Waals surface area contributed by atoms with E-state index in [0.29, 0.717) is 10.9 Å². The smallest absolute Gasteiger partial charge is 0.258 e. The predicted molar refractivity (Wildman–Crippen MR) is 99.1 cm³/mol. The highest BCUT2D eigenvalue weighted by atomic mass is 19.1. The Bertz CT molecular complexity index is 1100. The summed E-state index contributed by atoms with van der Waals surface area (Å²) in [7, 11) is 0. The van der Waals surface area contributed by atoms with E-state index in [2.05, 4.69) is 0 Å². The van der Waals surface area contributed by atoms with Crippen molar-refractivity contribution in [3.8, 4) is 11.1 Å². The number of benzene rings is 3. The zero-order chi connectivity index (χ0) is 17.2. The lowest BCUT2D eigenvalue weighted by molar-refractivity contribution is 0.597. The van der Waals surface area contributed by atoms with E-state index in [1.807, 2.05) is 54.6 Å². The van der Waals surface area contributed by atoms with E-state index in [1.54, 1.807) is 29.0 Å². The van der Waals surface area contributed by atoms with E-state index in [0.717, 1.165) is 16.5 Å². The molecule has 0 atom stereocenters. The van der Waals surface area contributed by atoms with Crippen molar-refractivity contribution >= 4 is 10.8 Å². The minimum absolute atomic E-state index is 0.111. The molecule has 122 valence electrons. The Labute approximate surface area is 144 Å². The van der Waals surface area contributed by atoms with E-state index < -0.39 is 0 Å². The van der Waals surface area contributed by atoms with Crippen LogP contribution in [-0.2, 0) is 6.54 Å². The number of hydrogen-bond donors (Lipinski definition) is 0. The van der Waals surface area contributed by atoms with Gasteiger partial charge in [-0.05, 0) is 40.8 Å². The third-order valence-corrected chi connectivity index (χ3v) is 4.38. The highest BCUT2D eigenvalue weighted by Gasteiger charge is 2.07. The van der Waals surface area contributed by atoms with Gasteiger partial charge in [0, 0.05) is 17.1 Å². The predicted octanol–water partition coefficient (Wildman–Crippen LogP) is 4.86. The van der Waals surface area contributed by atoms with Crippen LogP contribution in [0.15, 0.2) is 89.9 Å². The number of fused-ring (bicyclic) bond motifs is 1. The monoisotopic (exact) mass is 329 g/mol. The summed E-state index contributed by atoms with van der Waals surface area (Å²) < 4.78 is 15.4. The van der Waals surface area contributed by atoms with Crippen molar-refractivity contribution in [1.82, 2.24) is 4.57 Å². The summed E-state index contributed by atoms with van der Waals surface area (Å²) in [5.74, 6) is -0.297. The van der Waals surface area contributed by atoms with Gasteiger partial charge in [0.15, 0.2) is 0 Å². The van der Waals surface area contributed by atoms with Gasteiger partial charge in [0.25, 0.3) is 5.56 Å². The highest BCUT2D eigenvalue weighted by Crippen LogP contribution is 2.23. The maximum atomic E-state index is 13.8. The van der Waals surface area contributed by atoms with Crippen LogP contribution in [0.2, 0.25) is 0 Å². The molecule has 3 heteroatoms. The first-order valence-corrected chi connectivity index (χ1v) is 8.14. The van der Waals surface area contributed by atoms with Gasteiger partial charge in [-0.15, -0.1) is 0 Å². The normalized spacial score (nSPS) is 10.9. The molecule has 4 aromatic rings. The van der Waals surface area contributed by atoms with Crippen molar-refractivity contribution in [2.75, 3.05) is 0 Å². The van der Waals surface area contributed by atoms with E-state index >= 15 is 0 Å². The molecule has 0 spiro atoms. The molecule has 0 unspecified atom stereocenters. The van der Waals surface area contributed by atoms with Crippen molar-refractivity contribution in [2.24, 2.45) is 0 Å². The second-order valence-electron chi connectivity index (χ2n) is 6.01. The number of aromatic nitrogens is 1. The Balaban J connectivity index is 1.76. The second-order valence-corrected chi connectivity index (χ2v) is 6.01. The number of halogens is 1. The lowest BCUT2D eigenvalue weighted by Crippen LogP contribution is -2.20. The molecule has 4 rings (SSSR count). The Morgan fingerprint density at radius 2 is 1.56 bits per heavy atom. The molecule has 0 saturated heterocycles. The largest absolute Gasteiger partial charge is 0.310 e. The van der Waals surface area contributed by atoms with E-state index in [9.17, 15) is 9.18 Å². The zero-order valence-electron chi connectivity index (χ0n) is 13.5. The summed E-state index contributed by atoms with van der Waals surface area (Å²) in [6.07, 6.45) is 1.73. The summed E-state index contributed by atoms with van der Waals surface area (Å²) in [4.78, 5) is 12.7. The van der Waals surface area contributed by atoms with Gasteiger partial charge in [0.1, 0.15) is 5.82 Å². The van der Waals surface area contributed by atoms with Crippen LogP contribution in [0, 0.1) is 5.82 Å². The summed E-state index contributed by atoms with van der Waals surface area (Å²) in [6, 6.07) is 24.3. The number of hydrogen-bond acceptors (Lipinski definition) is 1. The first-order valence-electron chi connectivity index (χ1n) is 8.14. The molecular weight excluding hydrogens is 313 g/mol. The van der Waals surface area contributed by atoms with Gasteiger partial charge in [0.2, 0.25) is 0 Å². The molecule has 1 heterocycles. The molecule has 1 aromatic heterocycles. The van der Waals surface area contributed by atoms with Crippen LogP contribution in [0.3, 0.4) is 0 Å². The van der Waals surface area contributed by atoms with Crippen molar-refractivity contribution in [3.63, 3.8) is 0 Å². The minimum atomic E-state index is -0.297. The van der Waals surface area contributed by atoms with E-state index in [1.165, 1.54) is 6.07 Å². The molecule has 0 N–H and O–H groups in total. The molecule has 0 amide bonds. The topological polar surface area (TPSA) is 22.0 Å². The average molecular weight is 329 g/mol. The summed E-state index contributed by atoms with van der Waals surface area (Å²) >= 11 is 0. The third-order valence-electron chi connectivity index (χ3n) is 4.38. The molecule has 25 heavy (non-hydrogen) atoms. The SMILES string of the molecule is O=c1c2ccc(-c3ccccc3)cc2ccn1Cc1ccccc1F. The van der Waals surface area contributed by atoms with Crippen LogP contribution < -0.4 is 5.56 Å². The molecule has 3 aromatic carbocycles. The van der Waals surface area contributed by atoms with Crippen molar-refractivity contribution in [2.45, 2.75) is 6.54 Å². The molecule has 0 saturated carbocycles. The average Bonchev–Trinajstić information content (AvgIpc) is 2.66. The van der Waals surface area contributed by atoms with Crippen LogP contribution >= 0.6 is 0 Å². The van der Waals surface area contributed by atoms with Gasteiger partial charge in [-0.1, -0.05) is 54.6 Å². The van der Waals surface area contributed by atoms with Gasteiger partial charge in [-0.3, -0.25) is 4.79 Å². The molecule has 0 fully saturated rings. The maximum Gasteiger partial charge on any atom is 0.258 e. The number of nitrogens with zero attached hydrogens (tertiary/aromatic N) is 1. The quantitative estimate of drug-likeness (QED) is 0.526. The number of pyridine rings is 1. The highest BCUT2D eigenvalue weighted by molar-refractivity contribution is 5.86. The first-order chi connectivity index (χ1) is 12.2. The summed E-state index contributed by atoms with van der Waals surface area (Å²) in [5.41, 5.74) is 2.57. The molecule has 0 aliphatic carbocycles. The maximum absolute atomic E-state index is 13.8. The summed E-state index contributed by atoms with van der Waals surface area (Å²) in [5, 5.41) is 1.52. The molecule has 0 bridgehead atoms. The lowest BCUT2D eigenvalue weighted by atomic mass is 10.0. The van der Waals surface area contributed by atoms with Gasteiger partial charge in [0.05, 0.1) is 6.54 Å². The molecule has 2 nitrogen and oxygen atoms in total. The van der Waals surface area contributed by atoms with Crippen LogP contribution in [0.1, 0.15) is 5.56 Å². The van der Waals surface area contributed by atoms with Crippen LogP contribution in [0.4, 0.5) is 4.39 Å². The Kier molecular flexibility index (Phi) is 3.90. The molecule has 0 aliphatic heterocycles. The minimum Gasteiger partial charge on any atom is -0.310 e. The van der Waals surface area contributed by atoms with Gasteiger partial charge in [-0.2, -0.15) is 0 Å². The third kappa shape index (κ3) is 2.96. The molecular formula is C22H16FNO. The standard InChI is InChI=1S/C22H16FNO/c23-21-9-5-4-8-19(21)15-24-13-12-18-14-17(10-11-20(18)22(24)25)16-6-2-1-3-7-16/h1-14H,15H2.